The molecule has 1 aromatic heterocycles. The second-order valence-electron chi connectivity index (χ2n) is 5.70. The minimum absolute atomic E-state index is 0.112. The molecule has 0 fully saturated rings. The van der Waals surface area contributed by atoms with E-state index in [0.29, 0.717) is 11.0 Å². The standard InChI is InChI=1S/C18H19N5OS/c1-12-6-5-8-14(10-12)17-21-22-18(23(17)19)25-11-16(24)20-15-9-4-3-7-13(15)2/h3-10H,11,19H2,1-2H3,(H,20,24). The Balaban J connectivity index is 1.66. The Bertz CT molecular complexity index is 906. The van der Waals surface area contributed by atoms with Gasteiger partial charge in [-0.1, -0.05) is 53.7 Å². The Kier molecular flexibility index (Phi) is 5.04. The number of rotatable bonds is 5. The summed E-state index contributed by atoms with van der Waals surface area (Å²) in [5, 5.41) is 11.6. The molecule has 2 aromatic carbocycles. The van der Waals surface area contributed by atoms with E-state index in [1.54, 1.807) is 0 Å². The fraction of sp³-hybridized carbons (Fsp3) is 0.167. The van der Waals surface area contributed by atoms with Crippen LogP contribution in [0.2, 0.25) is 0 Å². The molecule has 0 atom stereocenters. The lowest BCUT2D eigenvalue weighted by Gasteiger charge is -2.08. The summed E-state index contributed by atoms with van der Waals surface area (Å²) in [4.78, 5) is 12.1. The van der Waals surface area contributed by atoms with Crippen molar-refractivity contribution in [3.8, 4) is 11.4 Å². The molecule has 0 bridgehead atoms. The fourth-order valence-corrected chi connectivity index (χ4v) is 3.04. The van der Waals surface area contributed by atoms with Gasteiger partial charge in [0.2, 0.25) is 11.1 Å². The first-order valence-corrected chi connectivity index (χ1v) is 8.79. The van der Waals surface area contributed by atoms with Gasteiger partial charge < -0.3 is 11.2 Å². The molecule has 0 aliphatic carbocycles. The van der Waals surface area contributed by atoms with E-state index in [9.17, 15) is 4.79 Å². The Morgan fingerprint density at radius 3 is 2.72 bits per heavy atom. The zero-order valence-corrected chi connectivity index (χ0v) is 14.9. The summed E-state index contributed by atoms with van der Waals surface area (Å²) >= 11 is 1.25. The number of nitrogens with two attached hydrogens (primary N) is 1. The van der Waals surface area contributed by atoms with Crippen LogP contribution in [0.4, 0.5) is 5.69 Å². The first kappa shape index (κ1) is 17.0. The van der Waals surface area contributed by atoms with Crippen LogP contribution in [0.25, 0.3) is 11.4 Å². The van der Waals surface area contributed by atoms with E-state index in [0.717, 1.165) is 22.4 Å². The Morgan fingerprint density at radius 2 is 1.96 bits per heavy atom. The van der Waals surface area contributed by atoms with Gasteiger partial charge in [-0.15, -0.1) is 10.2 Å². The first-order chi connectivity index (χ1) is 12.0. The number of para-hydroxylation sites is 1. The van der Waals surface area contributed by atoms with Crippen LogP contribution in [0, 0.1) is 13.8 Å². The van der Waals surface area contributed by atoms with E-state index >= 15 is 0 Å². The molecule has 0 unspecified atom stereocenters. The molecule has 0 aliphatic heterocycles. The van der Waals surface area contributed by atoms with Crippen molar-refractivity contribution in [2.24, 2.45) is 0 Å². The van der Waals surface area contributed by atoms with Crippen LogP contribution in [-0.4, -0.2) is 26.5 Å². The summed E-state index contributed by atoms with van der Waals surface area (Å²) in [6.45, 7) is 3.96. The zero-order chi connectivity index (χ0) is 17.8. The van der Waals surface area contributed by atoms with E-state index in [2.05, 4.69) is 15.5 Å². The first-order valence-electron chi connectivity index (χ1n) is 7.80. The molecule has 7 heteroatoms. The summed E-state index contributed by atoms with van der Waals surface area (Å²) in [6, 6.07) is 15.5. The number of nitrogens with zero attached hydrogens (tertiary/aromatic N) is 3. The second-order valence-corrected chi connectivity index (χ2v) is 6.64. The smallest absolute Gasteiger partial charge is 0.234 e. The maximum Gasteiger partial charge on any atom is 0.234 e. The highest BCUT2D eigenvalue weighted by molar-refractivity contribution is 7.99. The number of carbonyl (C=O) groups is 1. The predicted molar refractivity (Wildman–Crippen MR) is 101 cm³/mol. The molecule has 25 heavy (non-hydrogen) atoms. The molecule has 3 aromatic rings. The average molecular weight is 353 g/mol. The number of carbonyl (C=O) groups excluding carboxylic acids is 1. The number of nitrogens with one attached hydrogen (secondary N) is 1. The lowest BCUT2D eigenvalue weighted by Crippen LogP contribution is -2.17. The zero-order valence-electron chi connectivity index (χ0n) is 14.1. The quantitative estimate of drug-likeness (QED) is 0.544. The van der Waals surface area contributed by atoms with E-state index < -0.39 is 0 Å². The van der Waals surface area contributed by atoms with Crippen molar-refractivity contribution in [2.75, 3.05) is 16.9 Å². The number of hydrogen-bond acceptors (Lipinski definition) is 5. The van der Waals surface area contributed by atoms with Crippen molar-refractivity contribution in [1.29, 1.82) is 0 Å². The molecule has 0 spiro atoms. The average Bonchev–Trinajstić information content (AvgIpc) is 2.96. The predicted octanol–water partition coefficient (Wildman–Crippen LogP) is 3.01. The molecular formula is C18H19N5OS. The van der Waals surface area contributed by atoms with Gasteiger partial charge in [0.1, 0.15) is 0 Å². The lowest BCUT2D eigenvalue weighted by atomic mass is 10.1. The van der Waals surface area contributed by atoms with Gasteiger partial charge in [0.05, 0.1) is 5.75 Å². The van der Waals surface area contributed by atoms with Gasteiger partial charge in [-0.05, 0) is 31.5 Å². The Labute approximate surface area is 150 Å². The molecule has 0 radical (unpaired) electrons. The number of amides is 1. The molecule has 0 aliphatic rings. The molecule has 128 valence electrons. The van der Waals surface area contributed by atoms with Gasteiger partial charge in [-0.2, -0.15) is 0 Å². The molecule has 1 amide bonds. The maximum absolute atomic E-state index is 12.1. The molecular weight excluding hydrogens is 334 g/mol. The molecule has 1 heterocycles. The Morgan fingerprint density at radius 1 is 1.16 bits per heavy atom. The van der Waals surface area contributed by atoms with Crippen LogP contribution in [0.1, 0.15) is 11.1 Å². The highest BCUT2D eigenvalue weighted by Gasteiger charge is 2.14. The van der Waals surface area contributed by atoms with Crippen LogP contribution in [0.15, 0.2) is 53.7 Å². The number of thioether (sulfide) groups is 1. The van der Waals surface area contributed by atoms with Crippen molar-refractivity contribution >= 4 is 23.4 Å². The third-order valence-electron chi connectivity index (χ3n) is 3.69. The monoisotopic (exact) mass is 353 g/mol. The van der Waals surface area contributed by atoms with Crippen LogP contribution in [-0.2, 0) is 4.79 Å². The third-order valence-corrected chi connectivity index (χ3v) is 4.64. The summed E-state index contributed by atoms with van der Waals surface area (Å²) in [5.74, 6) is 6.76. The largest absolute Gasteiger partial charge is 0.335 e. The van der Waals surface area contributed by atoms with Gasteiger partial charge in [-0.3, -0.25) is 4.79 Å². The van der Waals surface area contributed by atoms with Crippen LogP contribution in [0.5, 0.6) is 0 Å². The van der Waals surface area contributed by atoms with E-state index in [1.807, 2.05) is 62.4 Å². The normalized spacial score (nSPS) is 10.6. The summed E-state index contributed by atoms with van der Waals surface area (Å²) in [5.41, 5.74) is 3.84. The number of hydrogen-bond donors (Lipinski definition) is 2. The van der Waals surface area contributed by atoms with E-state index in [4.69, 9.17) is 5.84 Å². The van der Waals surface area contributed by atoms with Crippen LogP contribution >= 0.6 is 11.8 Å². The summed E-state index contributed by atoms with van der Waals surface area (Å²) in [7, 11) is 0. The number of aryl methyl sites for hydroxylation is 2. The number of anilines is 1. The van der Waals surface area contributed by atoms with E-state index in [1.165, 1.54) is 16.4 Å². The molecule has 3 N–H and O–H groups in total. The third kappa shape index (κ3) is 4.00. The van der Waals surface area contributed by atoms with Crippen molar-refractivity contribution in [3.05, 3.63) is 59.7 Å². The number of nitrogen functional groups attached to an aromatic ring is 1. The molecule has 3 rings (SSSR count). The van der Waals surface area contributed by atoms with Gasteiger partial charge >= 0.3 is 0 Å². The SMILES string of the molecule is Cc1cccc(-c2nnc(SCC(=O)Nc3ccccc3C)n2N)c1. The lowest BCUT2D eigenvalue weighted by molar-refractivity contribution is -0.113. The van der Waals surface area contributed by atoms with Crippen molar-refractivity contribution < 1.29 is 4.79 Å². The van der Waals surface area contributed by atoms with Gasteiger partial charge in [0.25, 0.3) is 0 Å². The minimum atomic E-state index is -0.112. The number of aromatic nitrogens is 3. The van der Waals surface area contributed by atoms with Gasteiger partial charge in [0, 0.05) is 11.3 Å². The van der Waals surface area contributed by atoms with Gasteiger partial charge in [0.15, 0.2) is 5.82 Å². The van der Waals surface area contributed by atoms with Crippen LogP contribution in [0.3, 0.4) is 0 Å². The highest BCUT2D eigenvalue weighted by atomic mass is 32.2. The van der Waals surface area contributed by atoms with Crippen molar-refractivity contribution in [1.82, 2.24) is 14.9 Å². The number of benzene rings is 2. The molecule has 0 saturated carbocycles. The Hall–Kier alpha value is -2.80. The highest BCUT2D eigenvalue weighted by Crippen LogP contribution is 2.22. The fourth-order valence-electron chi connectivity index (χ4n) is 2.39. The minimum Gasteiger partial charge on any atom is -0.335 e. The van der Waals surface area contributed by atoms with Gasteiger partial charge in [-0.25, -0.2) is 4.68 Å². The van der Waals surface area contributed by atoms with Crippen molar-refractivity contribution in [2.45, 2.75) is 19.0 Å². The van der Waals surface area contributed by atoms with E-state index in [-0.39, 0.29) is 11.7 Å². The second kappa shape index (κ2) is 7.40. The van der Waals surface area contributed by atoms with Crippen molar-refractivity contribution in [3.63, 3.8) is 0 Å². The maximum atomic E-state index is 12.1. The summed E-state index contributed by atoms with van der Waals surface area (Å²) in [6.07, 6.45) is 0. The topological polar surface area (TPSA) is 85.8 Å². The summed E-state index contributed by atoms with van der Waals surface area (Å²) < 4.78 is 1.42. The molecule has 0 saturated heterocycles. The molecule has 6 nitrogen and oxygen atoms in total. The van der Waals surface area contributed by atoms with Crippen LogP contribution < -0.4 is 11.2 Å².